The quantitative estimate of drug-likeness (QED) is 0.853. The minimum atomic E-state index is -3.64. The van der Waals surface area contributed by atoms with Crippen LogP contribution >= 0.6 is 11.6 Å². The lowest BCUT2D eigenvalue weighted by molar-refractivity contribution is 0.380. The Morgan fingerprint density at radius 3 is 2.70 bits per heavy atom. The Hall–Kier alpha value is -2.06. The van der Waals surface area contributed by atoms with Crippen molar-refractivity contribution in [2.24, 2.45) is 0 Å². The molecule has 0 amide bonds. The molecule has 0 bridgehead atoms. The molecule has 1 heterocycles. The first-order valence-corrected chi connectivity index (χ1v) is 8.67. The van der Waals surface area contributed by atoms with Crippen LogP contribution in [0.5, 0.6) is 6.01 Å². The Bertz CT molecular complexity index is 796. The topological polar surface area (TPSA) is 84.4 Å². The summed E-state index contributed by atoms with van der Waals surface area (Å²) in [4.78, 5) is 9.75. The molecule has 7 nitrogen and oxygen atoms in total. The van der Waals surface area contributed by atoms with E-state index in [1.807, 2.05) is 0 Å². The molecule has 1 aromatic carbocycles. The maximum Gasteiger partial charge on any atom is 0.318 e. The lowest BCUT2D eigenvalue weighted by Crippen LogP contribution is -2.20. The number of sulfonamides is 1. The Balaban J connectivity index is 2.26. The van der Waals surface area contributed by atoms with Gasteiger partial charge in [-0.2, -0.15) is 4.98 Å². The molecule has 0 radical (unpaired) electrons. The monoisotopic (exact) mass is 356 g/mol. The van der Waals surface area contributed by atoms with Crippen LogP contribution in [0.1, 0.15) is 5.56 Å². The predicted octanol–water partition coefficient (Wildman–Crippen LogP) is 2.15. The van der Waals surface area contributed by atoms with Gasteiger partial charge in [-0.1, -0.05) is 23.7 Å². The van der Waals surface area contributed by atoms with Gasteiger partial charge in [-0.15, -0.1) is 0 Å². The number of hydrogen-bond donors (Lipinski definition) is 1. The van der Waals surface area contributed by atoms with E-state index >= 15 is 0 Å². The molecule has 0 unspecified atom stereocenters. The summed E-state index contributed by atoms with van der Waals surface area (Å²) in [6.07, 6.45) is 1.37. The van der Waals surface area contributed by atoms with Gasteiger partial charge >= 0.3 is 6.01 Å². The Kier molecular flexibility index (Phi) is 5.27. The third-order valence-corrected chi connectivity index (χ3v) is 4.34. The average molecular weight is 357 g/mol. The van der Waals surface area contributed by atoms with Crippen molar-refractivity contribution in [3.63, 3.8) is 0 Å². The zero-order chi connectivity index (χ0) is 17.0. The van der Waals surface area contributed by atoms with Gasteiger partial charge in [0.15, 0.2) is 5.82 Å². The second kappa shape index (κ2) is 7.01. The molecular weight excluding hydrogens is 340 g/mol. The molecule has 0 aliphatic carbocycles. The number of halogens is 1. The molecule has 23 heavy (non-hydrogen) atoms. The van der Waals surface area contributed by atoms with E-state index in [4.69, 9.17) is 16.3 Å². The molecule has 1 N–H and O–H groups in total. The van der Waals surface area contributed by atoms with Crippen LogP contribution in [0.2, 0.25) is 5.02 Å². The van der Waals surface area contributed by atoms with Crippen LogP contribution in [-0.4, -0.2) is 39.6 Å². The third kappa shape index (κ3) is 4.70. The van der Waals surface area contributed by atoms with Gasteiger partial charge in [0.25, 0.3) is 0 Å². The number of hydrogen-bond acceptors (Lipinski definition) is 6. The van der Waals surface area contributed by atoms with E-state index in [9.17, 15) is 8.42 Å². The fourth-order valence-corrected chi connectivity index (χ4v) is 3.30. The van der Waals surface area contributed by atoms with Gasteiger partial charge in [0.1, 0.15) is 5.69 Å². The second-order valence-corrected chi connectivity index (χ2v) is 7.14. The van der Waals surface area contributed by atoms with Crippen molar-refractivity contribution in [3.05, 3.63) is 41.0 Å². The molecule has 124 valence electrons. The highest BCUT2D eigenvalue weighted by Gasteiger charge is 2.17. The summed E-state index contributed by atoms with van der Waals surface area (Å²) >= 11 is 5.88. The number of benzene rings is 1. The number of nitrogens with zero attached hydrogens (tertiary/aromatic N) is 3. The van der Waals surface area contributed by atoms with Crippen LogP contribution in [0.15, 0.2) is 30.5 Å². The molecule has 0 saturated carbocycles. The molecule has 0 saturated heterocycles. The maximum absolute atomic E-state index is 12.4. The van der Waals surface area contributed by atoms with E-state index < -0.39 is 10.0 Å². The molecule has 0 aliphatic heterocycles. The van der Waals surface area contributed by atoms with Crippen LogP contribution < -0.4 is 14.4 Å². The van der Waals surface area contributed by atoms with Crippen molar-refractivity contribution in [3.8, 4) is 6.01 Å². The smallest absolute Gasteiger partial charge is 0.318 e. The van der Waals surface area contributed by atoms with Crippen LogP contribution in [-0.2, 0) is 15.8 Å². The zero-order valence-electron chi connectivity index (χ0n) is 12.9. The van der Waals surface area contributed by atoms with Gasteiger partial charge in [-0.3, -0.25) is 4.72 Å². The van der Waals surface area contributed by atoms with Crippen molar-refractivity contribution in [1.29, 1.82) is 0 Å². The van der Waals surface area contributed by atoms with E-state index in [2.05, 4.69) is 14.7 Å². The third-order valence-electron chi connectivity index (χ3n) is 2.86. The van der Waals surface area contributed by atoms with Crippen molar-refractivity contribution in [2.75, 3.05) is 30.8 Å². The van der Waals surface area contributed by atoms with E-state index in [1.54, 1.807) is 43.3 Å². The highest BCUT2D eigenvalue weighted by molar-refractivity contribution is 7.91. The van der Waals surface area contributed by atoms with Crippen molar-refractivity contribution in [2.45, 2.75) is 5.75 Å². The van der Waals surface area contributed by atoms with Crippen LogP contribution in [0.25, 0.3) is 0 Å². The van der Waals surface area contributed by atoms with E-state index in [0.717, 1.165) is 0 Å². The number of rotatable bonds is 6. The van der Waals surface area contributed by atoms with Gasteiger partial charge < -0.3 is 9.64 Å². The average Bonchev–Trinajstić information content (AvgIpc) is 2.46. The Morgan fingerprint density at radius 1 is 1.35 bits per heavy atom. The van der Waals surface area contributed by atoms with E-state index in [0.29, 0.717) is 16.4 Å². The summed E-state index contributed by atoms with van der Waals surface area (Å²) in [5.41, 5.74) is 0.865. The van der Waals surface area contributed by atoms with Crippen LogP contribution in [0.3, 0.4) is 0 Å². The van der Waals surface area contributed by atoms with E-state index in [1.165, 1.54) is 13.3 Å². The first-order chi connectivity index (χ1) is 10.8. The Labute approximate surface area is 140 Å². The van der Waals surface area contributed by atoms with E-state index in [-0.39, 0.29) is 17.5 Å². The number of anilines is 2. The van der Waals surface area contributed by atoms with Crippen molar-refractivity contribution >= 4 is 33.1 Å². The normalized spacial score (nSPS) is 11.1. The summed E-state index contributed by atoms with van der Waals surface area (Å²) in [5.74, 6) is 0.207. The fraction of sp³-hybridized carbons (Fsp3) is 0.286. The molecule has 0 atom stereocenters. The Morgan fingerprint density at radius 2 is 2.09 bits per heavy atom. The fourth-order valence-electron chi connectivity index (χ4n) is 1.92. The lowest BCUT2D eigenvalue weighted by Gasteiger charge is -2.17. The molecule has 2 rings (SSSR count). The van der Waals surface area contributed by atoms with Gasteiger partial charge in [0, 0.05) is 19.1 Å². The van der Waals surface area contributed by atoms with Crippen LogP contribution in [0.4, 0.5) is 11.5 Å². The molecule has 9 heteroatoms. The molecule has 0 fully saturated rings. The largest absolute Gasteiger partial charge is 0.467 e. The van der Waals surface area contributed by atoms with Gasteiger partial charge in [-0.05, 0) is 17.7 Å². The van der Waals surface area contributed by atoms with Gasteiger partial charge in [-0.25, -0.2) is 13.4 Å². The van der Waals surface area contributed by atoms with Crippen molar-refractivity contribution < 1.29 is 13.2 Å². The molecule has 2 aromatic rings. The summed E-state index contributed by atoms with van der Waals surface area (Å²) in [6, 6.07) is 6.86. The molecule has 0 spiro atoms. The number of aromatic nitrogens is 2. The first kappa shape index (κ1) is 17.3. The summed E-state index contributed by atoms with van der Waals surface area (Å²) in [5, 5.41) is 0.486. The maximum atomic E-state index is 12.4. The minimum Gasteiger partial charge on any atom is -0.467 e. The molecule has 1 aromatic heterocycles. The molecular formula is C14H17ClN4O3S. The SMILES string of the molecule is COc1ncc(NS(=O)(=O)Cc2cccc(Cl)c2)c(N(C)C)n1. The predicted molar refractivity (Wildman–Crippen MR) is 90.6 cm³/mol. The second-order valence-electron chi connectivity index (χ2n) is 4.98. The molecule has 0 aliphatic rings. The zero-order valence-corrected chi connectivity index (χ0v) is 14.5. The summed E-state index contributed by atoms with van der Waals surface area (Å²) < 4.78 is 32.2. The standard InChI is InChI=1S/C14H17ClN4O3S/c1-19(2)13-12(8-16-14(17-13)22-3)18-23(20,21)9-10-5-4-6-11(15)7-10/h4-8,18H,9H2,1-3H3. The summed E-state index contributed by atoms with van der Waals surface area (Å²) in [6.45, 7) is 0. The number of nitrogens with one attached hydrogen (secondary N) is 1. The van der Waals surface area contributed by atoms with Gasteiger partial charge in [0.2, 0.25) is 10.0 Å². The highest BCUT2D eigenvalue weighted by Crippen LogP contribution is 2.25. The minimum absolute atomic E-state index is 0.159. The lowest BCUT2D eigenvalue weighted by atomic mass is 10.2. The number of ether oxygens (including phenoxy) is 1. The van der Waals surface area contributed by atoms with Crippen LogP contribution in [0, 0.1) is 0 Å². The van der Waals surface area contributed by atoms with Crippen molar-refractivity contribution in [1.82, 2.24) is 9.97 Å². The number of methoxy groups -OCH3 is 1. The highest BCUT2D eigenvalue weighted by atomic mass is 35.5. The van der Waals surface area contributed by atoms with Gasteiger partial charge in [0.05, 0.1) is 19.1 Å². The summed E-state index contributed by atoms with van der Waals surface area (Å²) in [7, 11) is 1.30. The first-order valence-electron chi connectivity index (χ1n) is 6.64.